The van der Waals surface area contributed by atoms with Crippen LogP contribution >= 0.6 is 35.5 Å². The van der Waals surface area contributed by atoms with Gasteiger partial charge >= 0.3 is 0 Å². The molecule has 0 saturated carbocycles. The van der Waals surface area contributed by atoms with Gasteiger partial charge in [-0.25, -0.2) is 4.98 Å². The summed E-state index contributed by atoms with van der Waals surface area (Å²) >= 11 is 3.35. The van der Waals surface area contributed by atoms with E-state index < -0.39 is 0 Å². The van der Waals surface area contributed by atoms with Crippen molar-refractivity contribution in [1.82, 2.24) is 9.88 Å². The molecule has 0 aliphatic heterocycles. The van der Waals surface area contributed by atoms with E-state index in [0.717, 1.165) is 39.8 Å². The van der Waals surface area contributed by atoms with E-state index in [2.05, 4.69) is 36.1 Å². The van der Waals surface area contributed by atoms with Crippen LogP contribution in [0.5, 0.6) is 5.75 Å². The molecule has 8 heteroatoms. The van der Waals surface area contributed by atoms with Gasteiger partial charge in [0.25, 0.3) is 0 Å². The topological polar surface area (TPSA) is 45.7 Å². The number of anilines is 1. The Labute approximate surface area is 205 Å². The van der Waals surface area contributed by atoms with Gasteiger partial charge in [-0.05, 0) is 64.4 Å². The Bertz CT molecular complexity index is 993. The molecule has 0 radical (unpaired) electrons. The van der Waals surface area contributed by atoms with Gasteiger partial charge in [0.15, 0.2) is 5.13 Å². The molecule has 3 rings (SSSR count). The fourth-order valence-electron chi connectivity index (χ4n) is 3.11. The number of para-hydroxylation sites is 1. The Hall–Kier alpha value is -1.80. The second kappa shape index (κ2) is 13.0. The molecule has 3 aromatic rings. The number of aryl methyl sites for hydroxylation is 1. The number of thioether (sulfide) groups is 1. The number of carbonyl (C=O) groups is 1. The summed E-state index contributed by atoms with van der Waals surface area (Å²) in [5.41, 5.74) is 2.10. The fraction of sp³-hybridized carbons (Fsp3) is 0.417. The molecule has 5 nitrogen and oxygen atoms in total. The number of amides is 1. The van der Waals surface area contributed by atoms with Gasteiger partial charge in [0.1, 0.15) is 11.3 Å². The third-order valence-corrected chi connectivity index (χ3v) is 6.94. The number of carbonyl (C=O) groups excluding carboxylic acids is 1. The second-order valence-electron chi connectivity index (χ2n) is 7.65. The van der Waals surface area contributed by atoms with Crippen molar-refractivity contribution in [2.24, 2.45) is 0 Å². The zero-order valence-electron chi connectivity index (χ0n) is 19.2. The molecule has 0 aliphatic rings. The quantitative estimate of drug-likeness (QED) is 0.246. The van der Waals surface area contributed by atoms with Crippen molar-refractivity contribution in [3.8, 4) is 5.75 Å². The second-order valence-corrected chi connectivity index (χ2v) is 9.82. The van der Waals surface area contributed by atoms with Crippen molar-refractivity contribution in [3.63, 3.8) is 0 Å². The van der Waals surface area contributed by atoms with Crippen molar-refractivity contribution in [2.75, 3.05) is 44.4 Å². The lowest BCUT2D eigenvalue weighted by Crippen LogP contribution is -2.36. The zero-order chi connectivity index (χ0) is 22.2. The van der Waals surface area contributed by atoms with E-state index in [9.17, 15) is 4.79 Å². The van der Waals surface area contributed by atoms with Gasteiger partial charge in [0.05, 0.1) is 11.3 Å². The average Bonchev–Trinajstić information content (AvgIpc) is 3.17. The van der Waals surface area contributed by atoms with E-state index >= 15 is 0 Å². The molecule has 0 unspecified atom stereocenters. The van der Waals surface area contributed by atoms with Crippen LogP contribution in [0.3, 0.4) is 0 Å². The molecule has 1 aromatic heterocycles. The van der Waals surface area contributed by atoms with E-state index in [1.807, 2.05) is 44.1 Å². The maximum absolute atomic E-state index is 13.1. The van der Waals surface area contributed by atoms with Crippen LogP contribution in [0.4, 0.5) is 5.13 Å². The van der Waals surface area contributed by atoms with Gasteiger partial charge in [-0.1, -0.05) is 35.1 Å². The lowest BCUT2D eigenvalue weighted by molar-refractivity contribution is -0.118. The number of hydrogen-bond acceptors (Lipinski definition) is 6. The number of fused-ring (bicyclic) bond motifs is 1. The van der Waals surface area contributed by atoms with Gasteiger partial charge in [0.2, 0.25) is 5.91 Å². The predicted molar refractivity (Wildman–Crippen MR) is 140 cm³/mol. The SMILES string of the molecule is CCOc1cccc2sc(N(CCN(C)C)C(=O)CCCSc3ccc(C)cc3)nc12.Cl. The molecule has 0 bridgehead atoms. The molecule has 0 spiro atoms. The minimum atomic E-state index is 0. The summed E-state index contributed by atoms with van der Waals surface area (Å²) in [5.74, 6) is 1.82. The van der Waals surface area contributed by atoms with Crippen LogP contribution in [0.15, 0.2) is 47.4 Å². The molecular weight excluding hydrogens is 462 g/mol. The van der Waals surface area contributed by atoms with Crippen LogP contribution in [0.1, 0.15) is 25.3 Å². The van der Waals surface area contributed by atoms with Crippen molar-refractivity contribution >= 4 is 56.8 Å². The molecule has 0 fully saturated rings. The van der Waals surface area contributed by atoms with Gasteiger partial charge in [-0.15, -0.1) is 24.2 Å². The highest BCUT2D eigenvalue weighted by Crippen LogP contribution is 2.34. The molecule has 2 aromatic carbocycles. The maximum atomic E-state index is 13.1. The van der Waals surface area contributed by atoms with Crippen LogP contribution in [0.25, 0.3) is 10.2 Å². The van der Waals surface area contributed by atoms with Gasteiger partial charge in [-0.2, -0.15) is 0 Å². The third-order valence-electron chi connectivity index (χ3n) is 4.80. The van der Waals surface area contributed by atoms with E-state index in [-0.39, 0.29) is 18.3 Å². The van der Waals surface area contributed by atoms with Gasteiger partial charge in [0, 0.05) is 24.4 Å². The largest absolute Gasteiger partial charge is 0.492 e. The molecule has 0 saturated heterocycles. The zero-order valence-corrected chi connectivity index (χ0v) is 21.6. The Balaban J connectivity index is 0.00000363. The summed E-state index contributed by atoms with van der Waals surface area (Å²) < 4.78 is 6.77. The number of benzene rings is 2. The fourth-order valence-corrected chi connectivity index (χ4v) is 4.99. The normalized spacial score (nSPS) is 10.9. The number of hydrogen-bond donors (Lipinski definition) is 0. The van der Waals surface area contributed by atoms with Crippen molar-refractivity contribution in [1.29, 1.82) is 0 Å². The molecule has 0 atom stereocenters. The number of rotatable bonds is 11. The number of halogens is 1. The van der Waals surface area contributed by atoms with Gasteiger partial charge in [-0.3, -0.25) is 9.69 Å². The van der Waals surface area contributed by atoms with E-state index in [1.54, 1.807) is 23.1 Å². The number of ether oxygens (including phenoxy) is 1. The summed E-state index contributed by atoms with van der Waals surface area (Å²) in [6, 6.07) is 14.5. The van der Waals surface area contributed by atoms with Crippen molar-refractivity contribution < 1.29 is 9.53 Å². The minimum Gasteiger partial charge on any atom is -0.492 e. The van der Waals surface area contributed by atoms with Crippen LogP contribution < -0.4 is 9.64 Å². The Morgan fingerprint density at radius 2 is 1.88 bits per heavy atom. The van der Waals surface area contributed by atoms with E-state index in [0.29, 0.717) is 19.6 Å². The van der Waals surface area contributed by atoms with Crippen molar-refractivity contribution in [3.05, 3.63) is 48.0 Å². The highest BCUT2D eigenvalue weighted by molar-refractivity contribution is 7.99. The molecule has 0 aliphatic carbocycles. The third kappa shape index (κ3) is 7.37. The average molecular weight is 494 g/mol. The molecular formula is C24H32ClN3O2S2. The summed E-state index contributed by atoms with van der Waals surface area (Å²) in [6.45, 7) is 6.06. The maximum Gasteiger partial charge on any atom is 0.228 e. The number of likely N-dealkylation sites (N-methyl/N-ethyl adjacent to an activating group) is 1. The highest BCUT2D eigenvalue weighted by Gasteiger charge is 2.20. The number of thiazole rings is 1. The Morgan fingerprint density at radius 1 is 1.12 bits per heavy atom. The molecule has 1 heterocycles. The lowest BCUT2D eigenvalue weighted by Gasteiger charge is -2.22. The van der Waals surface area contributed by atoms with Crippen LogP contribution in [-0.4, -0.2) is 55.3 Å². The van der Waals surface area contributed by atoms with E-state index in [4.69, 9.17) is 9.72 Å². The summed E-state index contributed by atoms with van der Waals surface area (Å²) in [7, 11) is 4.04. The first kappa shape index (κ1) is 26.5. The standard InChI is InChI=1S/C24H31N3O2S2.ClH/c1-5-29-20-8-6-9-21-23(20)25-24(31-21)27(16-15-26(3)4)22(28)10-7-17-30-19-13-11-18(2)12-14-19;/h6,8-9,11-14H,5,7,10,15-17H2,1-4H3;1H. The Morgan fingerprint density at radius 3 is 2.56 bits per heavy atom. The summed E-state index contributed by atoms with van der Waals surface area (Å²) in [4.78, 5) is 23.1. The molecule has 1 amide bonds. The number of nitrogens with zero attached hydrogens (tertiary/aromatic N) is 3. The summed E-state index contributed by atoms with van der Waals surface area (Å²) in [5, 5.41) is 0.750. The smallest absolute Gasteiger partial charge is 0.228 e. The van der Waals surface area contributed by atoms with Crippen molar-refractivity contribution in [2.45, 2.75) is 31.6 Å². The van der Waals surface area contributed by atoms with Gasteiger partial charge < -0.3 is 9.64 Å². The molecule has 0 N–H and O–H groups in total. The molecule has 32 heavy (non-hydrogen) atoms. The first-order valence-corrected chi connectivity index (χ1v) is 12.4. The Kier molecular flexibility index (Phi) is 10.8. The predicted octanol–water partition coefficient (Wildman–Crippen LogP) is 5.89. The monoisotopic (exact) mass is 493 g/mol. The summed E-state index contributed by atoms with van der Waals surface area (Å²) in [6.07, 6.45) is 1.35. The van der Waals surface area contributed by atoms with Crippen LogP contribution in [0.2, 0.25) is 0 Å². The number of aromatic nitrogens is 1. The molecule has 174 valence electrons. The first-order chi connectivity index (χ1) is 15.0. The minimum absolute atomic E-state index is 0. The lowest BCUT2D eigenvalue weighted by atomic mass is 10.2. The van der Waals surface area contributed by atoms with E-state index in [1.165, 1.54) is 10.5 Å². The van der Waals surface area contributed by atoms with Crippen LogP contribution in [0, 0.1) is 6.92 Å². The highest BCUT2D eigenvalue weighted by atomic mass is 35.5. The first-order valence-electron chi connectivity index (χ1n) is 10.6. The van der Waals surface area contributed by atoms with Crippen LogP contribution in [-0.2, 0) is 4.79 Å².